The van der Waals surface area contributed by atoms with E-state index in [1.807, 2.05) is 0 Å². The predicted octanol–water partition coefficient (Wildman–Crippen LogP) is 1.77. The Hall–Kier alpha value is -1.85. The zero-order chi connectivity index (χ0) is 15.3. The van der Waals surface area contributed by atoms with Crippen molar-refractivity contribution in [1.29, 1.82) is 0 Å². The smallest absolute Gasteiger partial charge is 0.331 e. The van der Waals surface area contributed by atoms with Crippen molar-refractivity contribution >= 4 is 17.9 Å². The SMILES string of the molecule is CCC1CCCN(C(=O)NC(=O)C(C)=C(C)C(=O)O)C1. The van der Waals surface area contributed by atoms with E-state index < -0.39 is 17.9 Å². The first-order valence-electron chi connectivity index (χ1n) is 6.87. The lowest BCUT2D eigenvalue weighted by atomic mass is 9.96. The summed E-state index contributed by atoms with van der Waals surface area (Å²) in [6, 6.07) is -0.439. The van der Waals surface area contributed by atoms with E-state index in [1.165, 1.54) is 13.8 Å². The number of piperidine rings is 1. The molecule has 3 amide bonds. The van der Waals surface area contributed by atoms with Crippen LogP contribution in [0.3, 0.4) is 0 Å². The zero-order valence-corrected chi connectivity index (χ0v) is 12.2. The Morgan fingerprint density at radius 3 is 2.45 bits per heavy atom. The Balaban J connectivity index is 2.64. The van der Waals surface area contributed by atoms with E-state index in [4.69, 9.17) is 5.11 Å². The van der Waals surface area contributed by atoms with Crippen molar-refractivity contribution in [2.24, 2.45) is 5.92 Å². The third-order valence-electron chi connectivity index (χ3n) is 3.83. The molecule has 0 aromatic carbocycles. The van der Waals surface area contributed by atoms with Crippen molar-refractivity contribution in [3.05, 3.63) is 11.1 Å². The number of rotatable bonds is 3. The summed E-state index contributed by atoms with van der Waals surface area (Å²) in [5.74, 6) is -1.33. The fourth-order valence-electron chi connectivity index (χ4n) is 2.18. The number of carbonyl (C=O) groups excluding carboxylic acids is 2. The number of amides is 3. The van der Waals surface area contributed by atoms with Crippen molar-refractivity contribution in [2.75, 3.05) is 13.1 Å². The van der Waals surface area contributed by atoms with Crippen molar-refractivity contribution in [3.8, 4) is 0 Å². The molecule has 1 rings (SSSR count). The van der Waals surface area contributed by atoms with Crippen molar-refractivity contribution in [2.45, 2.75) is 40.0 Å². The minimum Gasteiger partial charge on any atom is -0.478 e. The molecule has 6 nitrogen and oxygen atoms in total. The summed E-state index contributed by atoms with van der Waals surface area (Å²) >= 11 is 0. The van der Waals surface area contributed by atoms with E-state index in [0.717, 1.165) is 19.3 Å². The van der Waals surface area contributed by atoms with Gasteiger partial charge in [0.05, 0.1) is 0 Å². The van der Waals surface area contributed by atoms with Gasteiger partial charge in [-0.15, -0.1) is 0 Å². The number of hydrogen-bond donors (Lipinski definition) is 2. The molecule has 0 bridgehead atoms. The van der Waals surface area contributed by atoms with Crippen LogP contribution in [0.25, 0.3) is 0 Å². The standard InChI is InChI=1S/C14H22N2O4/c1-4-11-6-5-7-16(8-11)14(20)15-12(17)9(2)10(3)13(18)19/h11H,4-8H2,1-3H3,(H,18,19)(H,15,17,20). The summed E-state index contributed by atoms with van der Waals surface area (Å²) in [7, 11) is 0. The summed E-state index contributed by atoms with van der Waals surface area (Å²) < 4.78 is 0. The Kier molecular flexibility index (Phi) is 5.73. The second-order valence-electron chi connectivity index (χ2n) is 5.18. The van der Waals surface area contributed by atoms with Crippen LogP contribution in [0.15, 0.2) is 11.1 Å². The monoisotopic (exact) mass is 282 g/mol. The van der Waals surface area contributed by atoms with Gasteiger partial charge >= 0.3 is 12.0 Å². The van der Waals surface area contributed by atoms with Crippen molar-refractivity contribution in [1.82, 2.24) is 10.2 Å². The highest BCUT2D eigenvalue weighted by molar-refractivity contribution is 6.07. The van der Waals surface area contributed by atoms with Crippen molar-refractivity contribution in [3.63, 3.8) is 0 Å². The van der Waals surface area contributed by atoms with Gasteiger partial charge in [-0.3, -0.25) is 10.1 Å². The fourth-order valence-corrected chi connectivity index (χ4v) is 2.18. The molecule has 1 atom stereocenters. The first kappa shape index (κ1) is 16.2. The maximum atomic E-state index is 12.0. The first-order chi connectivity index (χ1) is 9.36. The summed E-state index contributed by atoms with van der Waals surface area (Å²) in [5, 5.41) is 11.1. The highest BCUT2D eigenvalue weighted by Gasteiger charge is 2.24. The Morgan fingerprint density at radius 2 is 1.90 bits per heavy atom. The summed E-state index contributed by atoms with van der Waals surface area (Å²) in [4.78, 5) is 36.2. The fraction of sp³-hybridized carbons (Fsp3) is 0.643. The van der Waals surface area contributed by atoms with Crippen LogP contribution in [0.2, 0.25) is 0 Å². The predicted molar refractivity (Wildman–Crippen MR) is 74.1 cm³/mol. The van der Waals surface area contributed by atoms with E-state index in [1.54, 1.807) is 4.90 Å². The van der Waals surface area contributed by atoms with Crippen LogP contribution in [-0.2, 0) is 9.59 Å². The molecule has 112 valence electrons. The average molecular weight is 282 g/mol. The van der Waals surface area contributed by atoms with Crippen LogP contribution in [0.1, 0.15) is 40.0 Å². The number of hydrogen-bond acceptors (Lipinski definition) is 3. The van der Waals surface area contributed by atoms with E-state index in [0.29, 0.717) is 19.0 Å². The second kappa shape index (κ2) is 7.07. The third kappa shape index (κ3) is 4.08. The highest BCUT2D eigenvalue weighted by Crippen LogP contribution is 2.19. The van der Waals surface area contributed by atoms with Gasteiger partial charge in [0, 0.05) is 24.2 Å². The van der Waals surface area contributed by atoms with Gasteiger partial charge < -0.3 is 10.0 Å². The number of nitrogens with one attached hydrogen (secondary N) is 1. The number of carbonyl (C=O) groups is 3. The quantitative estimate of drug-likeness (QED) is 0.772. The Labute approximate surface area is 118 Å². The summed E-state index contributed by atoms with van der Waals surface area (Å²) in [6.45, 7) is 6.11. The van der Waals surface area contributed by atoms with Crippen molar-refractivity contribution < 1.29 is 19.5 Å². The molecule has 1 heterocycles. The number of likely N-dealkylation sites (tertiary alicyclic amines) is 1. The molecule has 0 saturated carbocycles. The number of imide groups is 1. The van der Waals surface area contributed by atoms with Crippen LogP contribution in [-0.4, -0.2) is 41.0 Å². The van der Waals surface area contributed by atoms with Gasteiger partial charge in [0.1, 0.15) is 0 Å². The Morgan fingerprint density at radius 1 is 1.25 bits per heavy atom. The highest BCUT2D eigenvalue weighted by atomic mass is 16.4. The average Bonchev–Trinajstić information content (AvgIpc) is 2.45. The second-order valence-corrected chi connectivity index (χ2v) is 5.18. The topological polar surface area (TPSA) is 86.7 Å². The lowest BCUT2D eigenvalue weighted by Crippen LogP contribution is -2.47. The van der Waals surface area contributed by atoms with E-state index >= 15 is 0 Å². The van der Waals surface area contributed by atoms with E-state index in [9.17, 15) is 14.4 Å². The molecular formula is C14H22N2O4. The molecule has 0 radical (unpaired) electrons. The molecular weight excluding hydrogens is 260 g/mol. The molecule has 2 N–H and O–H groups in total. The normalized spacial score (nSPS) is 20.1. The first-order valence-corrected chi connectivity index (χ1v) is 6.87. The number of urea groups is 1. The molecule has 1 aliphatic heterocycles. The largest absolute Gasteiger partial charge is 0.478 e. The molecule has 0 spiro atoms. The number of aliphatic carboxylic acids is 1. The van der Waals surface area contributed by atoms with Gasteiger partial charge in [-0.05, 0) is 32.6 Å². The molecule has 6 heteroatoms. The molecule has 1 aliphatic rings. The van der Waals surface area contributed by atoms with Gasteiger partial charge in [-0.2, -0.15) is 0 Å². The zero-order valence-electron chi connectivity index (χ0n) is 12.2. The van der Waals surface area contributed by atoms with Gasteiger partial charge in [0.15, 0.2) is 0 Å². The maximum Gasteiger partial charge on any atom is 0.331 e. The molecule has 20 heavy (non-hydrogen) atoms. The lowest BCUT2D eigenvalue weighted by Gasteiger charge is -2.32. The van der Waals surface area contributed by atoms with Crippen LogP contribution in [0, 0.1) is 5.92 Å². The van der Waals surface area contributed by atoms with Gasteiger partial charge in [-0.25, -0.2) is 9.59 Å². The molecule has 1 unspecified atom stereocenters. The summed E-state index contributed by atoms with van der Waals surface area (Å²) in [5.41, 5.74) is -0.00437. The molecule has 1 fully saturated rings. The minimum atomic E-state index is -1.16. The molecule has 0 aliphatic carbocycles. The summed E-state index contributed by atoms with van der Waals surface area (Å²) in [6.07, 6.45) is 3.04. The maximum absolute atomic E-state index is 12.0. The van der Waals surface area contributed by atoms with E-state index in [-0.39, 0.29) is 11.1 Å². The van der Waals surface area contributed by atoms with Crippen LogP contribution < -0.4 is 5.32 Å². The molecule has 1 saturated heterocycles. The van der Waals surface area contributed by atoms with Gasteiger partial charge in [0.2, 0.25) is 0 Å². The number of carboxylic acid groups (broad SMARTS) is 1. The van der Waals surface area contributed by atoms with Crippen LogP contribution in [0.5, 0.6) is 0 Å². The Bertz CT molecular complexity index is 442. The van der Waals surface area contributed by atoms with Gasteiger partial charge in [-0.1, -0.05) is 13.3 Å². The lowest BCUT2D eigenvalue weighted by molar-refractivity contribution is -0.133. The number of carboxylic acids is 1. The van der Waals surface area contributed by atoms with Gasteiger partial charge in [0.25, 0.3) is 5.91 Å². The van der Waals surface area contributed by atoms with E-state index in [2.05, 4.69) is 12.2 Å². The number of nitrogens with zero attached hydrogens (tertiary/aromatic N) is 1. The minimum absolute atomic E-state index is 0.0508. The molecule has 0 aromatic rings. The van der Waals surface area contributed by atoms with Crippen LogP contribution >= 0.6 is 0 Å². The molecule has 0 aromatic heterocycles. The third-order valence-corrected chi connectivity index (χ3v) is 3.83. The van der Waals surface area contributed by atoms with Crippen LogP contribution in [0.4, 0.5) is 4.79 Å².